The van der Waals surface area contributed by atoms with Crippen LogP contribution in [0.4, 0.5) is 0 Å². The minimum absolute atomic E-state index is 0. The molecule has 0 heterocycles. The van der Waals surface area contributed by atoms with E-state index in [9.17, 15) is 9.59 Å². The number of benzene rings is 2. The number of carbonyl (C=O) groups excluding carboxylic acids is 2. The van der Waals surface area contributed by atoms with Crippen LogP contribution < -0.4 is 10.6 Å². The quantitative estimate of drug-likeness (QED) is 0.757. The monoisotopic (exact) mass is 346 g/mol. The normalized spacial score (nSPS) is 11.2. The molecule has 2 rings (SSSR count). The van der Waals surface area contributed by atoms with Gasteiger partial charge in [-0.3, -0.25) is 9.59 Å². The lowest BCUT2D eigenvalue weighted by Crippen LogP contribution is -2.39. The van der Waals surface area contributed by atoms with Crippen molar-refractivity contribution in [3.63, 3.8) is 0 Å². The van der Waals surface area contributed by atoms with Crippen molar-refractivity contribution in [1.29, 1.82) is 0 Å². The predicted molar refractivity (Wildman–Crippen MR) is 99.0 cm³/mol. The van der Waals surface area contributed by atoms with Crippen LogP contribution in [-0.2, 0) is 0 Å². The van der Waals surface area contributed by atoms with Crippen molar-refractivity contribution in [2.45, 2.75) is 19.9 Å². The van der Waals surface area contributed by atoms with Gasteiger partial charge >= 0.3 is 0 Å². The number of nitrogens with one attached hydrogen (secondary N) is 2. The van der Waals surface area contributed by atoms with Crippen LogP contribution in [0, 0.1) is 0 Å². The van der Waals surface area contributed by atoms with Crippen LogP contribution in [0.15, 0.2) is 54.6 Å². The molecular formula is C19H23ClN2O2. The third-order valence-electron chi connectivity index (χ3n) is 3.57. The zero-order valence-corrected chi connectivity index (χ0v) is 14.7. The van der Waals surface area contributed by atoms with Crippen molar-refractivity contribution in [2.24, 2.45) is 0 Å². The van der Waals surface area contributed by atoms with Gasteiger partial charge in [0, 0.05) is 23.7 Å². The smallest absolute Gasteiger partial charge is 0.252 e. The summed E-state index contributed by atoms with van der Waals surface area (Å²) in [6.07, 6.45) is 0. The van der Waals surface area contributed by atoms with Gasteiger partial charge in [-0.05, 0) is 19.5 Å². The largest absolute Gasteiger partial charge is 0.350 e. The van der Waals surface area contributed by atoms with Crippen LogP contribution in [-0.4, -0.2) is 30.8 Å². The van der Waals surface area contributed by atoms with E-state index in [1.165, 1.54) is 0 Å². The fourth-order valence-corrected chi connectivity index (χ4v) is 2.39. The molecule has 0 saturated carbocycles. The molecule has 128 valence electrons. The van der Waals surface area contributed by atoms with E-state index in [0.29, 0.717) is 23.2 Å². The van der Waals surface area contributed by atoms with Gasteiger partial charge in [-0.1, -0.05) is 55.5 Å². The first kappa shape index (κ1) is 19.9. The van der Waals surface area contributed by atoms with E-state index >= 15 is 0 Å². The molecule has 0 spiro atoms. The van der Waals surface area contributed by atoms with Crippen molar-refractivity contribution in [1.82, 2.24) is 10.6 Å². The van der Waals surface area contributed by atoms with E-state index in [1.807, 2.05) is 32.0 Å². The Labute approximate surface area is 149 Å². The van der Waals surface area contributed by atoms with Crippen LogP contribution in [0.3, 0.4) is 0 Å². The van der Waals surface area contributed by atoms with E-state index in [1.54, 1.807) is 36.4 Å². The Morgan fingerprint density at radius 1 is 0.958 bits per heavy atom. The summed E-state index contributed by atoms with van der Waals surface area (Å²) in [5.74, 6) is -0.370. The van der Waals surface area contributed by atoms with Gasteiger partial charge in [0.1, 0.15) is 0 Å². The molecule has 0 aliphatic carbocycles. The molecule has 24 heavy (non-hydrogen) atoms. The van der Waals surface area contributed by atoms with E-state index in [4.69, 9.17) is 0 Å². The summed E-state index contributed by atoms with van der Waals surface area (Å²) in [6, 6.07) is 16.1. The van der Waals surface area contributed by atoms with Crippen LogP contribution in [0.2, 0.25) is 0 Å². The summed E-state index contributed by atoms with van der Waals surface area (Å²) < 4.78 is 0. The van der Waals surface area contributed by atoms with Gasteiger partial charge in [0.2, 0.25) is 0 Å². The van der Waals surface area contributed by atoms with Gasteiger partial charge < -0.3 is 10.6 Å². The van der Waals surface area contributed by atoms with Crippen LogP contribution in [0.1, 0.15) is 40.1 Å². The maximum absolute atomic E-state index is 12.6. The Hall–Kier alpha value is -2.17. The van der Waals surface area contributed by atoms with Crippen LogP contribution in [0.25, 0.3) is 0 Å². The summed E-state index contributed by atoms with van der Waals surface area (Å²) in [4.78, 5) is 25.0. The highest BCUT2D eigenvalue weighted by Gasteiger charge is 2.17. The number of halogens is 1. The topological polar surface area (TPSA) is 58.2 Å². The van der Waals surface area contributed by atoms with Gasteiger partial charge in [-0.25, -0.2) is 0 Å². The van der Waals surface area contributed by atoms with Crippen molar-refractivity contribution in [3.8, 4) is 0 Å². The van der Waals surface area contributed by atoms with E-state index in [2.05, 4.69) is 10.6 Å². The molecular weight excluding hydrogens is 324 g/mol. The van der Waals surface area contributed by atoms with Gasteiger partial charge in [0.25, 0.3) is 5.91 Å². The second kappa shape index (κ2) is 9.85. The Bertz CT molecular complexity index is 674. The second-order valence-corrected chi connectivity index (χ2v) is 5.41. The zero-order chi connectivity index (χ0) is 16.7. The SMILES string of the molecule is CCN[C@H](C)CNC(=O)c1ccccc1C(=O)c1ccccc1.Cl. The molecule has 4 nitrogen and oxygen atoms in total. The third-order valence-corrected chi connectivity index (χ3v) is 3.57. The number of ketones is 1. The molecule has 0 bridgehead atoms. The molecule has 5 heteroatoms. The number of rotatable bonds is 7. The third kappa shape index (κ3) is 5.18. The van der Waals surface area contributed by atoms with E-state index in [0.717, 1.165) is 6.54 Å². The minimum atomic E-state index is -0.227. The average molecular weight is 347 g/mol. The van der Waals surface area contributed by atoms with E-state index < -0.39 is 0 Å². The van der Waals surface area contributed by atoms with Crippen molar-refractivity contribution in [3.05, 3.63) is 71.3 Å². The van der Waals surface area contributed by atoms with Crippen LogP contribution >= 0.6 is 12.4 Å². The molecule has 0 radical (unpaired) electrons. The Kier molecular flexibility index (Phi) is 8.16. The molecule has 2 aromatic carbocycles. The molecule has 2 N–H and O–H groups in total. The first-order chi connectivity index (χ1) is 11.1. The zero-order valence-electron chi connectivity index (χ0n) is 13.9. The van der Waals surface area contributed by atoms with Crippen molar-refractivity contribution in [2.75, 3.05) is 13.1 Å². The highest BCUT2D eigenvalue weighted by Crippen LogP contribution is 2.14. The fraction of sp³-hybridized carbons (Fsp3) is 0.263. The lowest BCUT2D eigenvalue weighted by atomic mass is 9.98. The number of likely N-dealkylation sites (N-methyl/N-ethyl adjacent to an activating group) is 1. The van der Waals surface area contributed by atoms with Gasteiger partial charge in [0.15, 0.2) is 5.78 Å². The lowest BCUT2D eigenvalue weighted by molar-refractivity contribution is 0.0939. The first-order valence-corrected chi connectivity index (χ1v) is 7.83. The predicted octanol–water partition coefficient (Wildman–Crippen LogP) is 3.07. The number of hydrogen-bond donors (Lipinski definition) is 2. The van der Waals surface area contributed by atoms with E-state index in [-0.39, 0.29) is 30.1 Å². The summed E-state index contributed by atoms with van der Waals surface area (Å²) in [5, 5.41) is 6.11. The molecule has 0 fully saturated rings. The second-order valence-electron chi connectivity index (χ2n) is 5.41. The average Bonchev–Trinajstić information content (AvgIpc) is 2.60. The fourth-order valence-electron chi connectivity index (χ4n) is 2.39. The number of amides is 1. The highest BCUT2D eigenvalue weighted by molar-refractivity contribution is 6.15. The molecule has 1 amide bonds. The van der Waals surface area contributed by atoms with Crippen molar-refractivity contribution < 1.29 is 9.59 Å². The van der Waals surface area contributed by atoms with Gasteiger partial charge in [-0.2, -0.15) is 0 Å². The number of hydrogen-bond acceptors (Lipinski definition) is 3. The minimum Gasteiger partial charge on any atom is -0.350 e. The maximum Gasteiger partial charge on any atom is 0.252 e. The molecule has 0 aliphatic rings. The summed E-state index contributed by atoms with van der Waals surface area (Å²) >= 11 is 0. The summed E-state index contributed by atoms with van der Waals surface area (Å²) in [7, 11) is 0. The maximum atomic E-state index is 12.6. The Morgan fingerprint density at radius 2 is 1.54 bits per heavy atom. The molecule has 0 saturated heterocycles. The summed E-state index contributed by atoms with van der Waals surface area (Å²) in [6.45, 7) is 5.39. The van der Waals surface area contributed by atoms with Gasteiger partial charge in [0.05, 0.1) is 5.56 Å². The molecule has 1 atom stereocenters. The van der Waals surface area contributed by atoms with Crippen molar-refractivity contribution >= 4 is 24.1 Å². The van der Waals surface area contributed by atoms with Gasteiger partial charge in [-0.15, -0.1) is 12.4 Å². The molecule has 2 aromatic rings. The molecule has 0 unspecified atom stereocenters. The first-order valence-electron chi connectivity index (χ1n) is 7.83. The molecule has 0 aliphatic heterocycles. The Morgan fingerprint density at radius 3 is 2.17 bits per heavy atom. The number of carbonyl (C=O) groups is 2. The lowest BCUT2D eigenvalue weighted by Gasteiger charge is -2.14. The molecule has 0 aromatic heterocycles. The standard InChI is InChI=1S/C19H22N2O2.ClH/c1-3-20-14(2)13-21-19(23)17-12-8-7-11-16(17)18(22)15-9-5-4-6-10-15;/h4-12,14,20H,3,13H2,1-2H3,(H,21,23);1H/t14-;/m1./s1. The Balaban J connectivity index is 0.00000288. The summed E-state index contributed by atoms with van der Waals surface area (Å²) in [5.41, 5.74) is 1.41. The van der Waals surface area contributed by atoms with Crippen LogP contribution in [0.5, 0.6) is 0 Å². The highest BCUT2D eigenvalue weighted by atomic mass is 35.5.